The first-order chi connectivity index (χ1) is 10.7. The fraction of sp³-hybridized carbons (Fsp3) is 0.389. The van der Waals surface area contributed by atoms with Gasteiger partial charge in [0.1, 0.15) is 11.4 Å². The molecule has 1 fully saturated rings. The lowest BCUT2D eigenvalue weighted by atomic mass is 9.89. The van der Waals surface area contributed by atoms with Crippen molar-refractivity contribution in [3.8, 4) is 0 Å². The minimum Gasteiger partial charge on any atom is -0.308 e. The molecule has 22 heavy (non-hydrogen) atoms. The Morgan fingerprint density at radius 3 is 2.91 bits per heavy atom. The number of allylic oxidation sites excluding steroid dienone is 1. The van der Waals surface area contributed by atoms with E-state index in [1.807, 2.05) is 37.4 Å². The summed E-state index contributed by atoms with van der Waals surface area (Å²) in [7, 11) is 1.84. The van der Waals surface area contributed by atoms with E-state index < -0.39 is 5.54 Å². The lowest BCUT2D eigenvalue weighted by molar-refractivity contribution is -0.123. The van der Waals surface area contributed by atoms with Gasteiger partial charge in [-0.2, -0.15) is 0 Å². The molecule has 0 bridgehead atoms. The molecule has 1 spiro atoms. The molecule has 2 unspecified atom stereocenters. The Morgan fingerprint density at radius 2 is 2.14 bits per heavy atom. The zero-order valence-electron chi connectivity index (χ0n) is 12.7. The van der Waals surface area contributed by atoms with Crippen LogP contribution >= 0.6 is 0 Å². The number of carbonyl (C=O) groups excluding carboxylic acids is 1. The van der Waals surface area contributed by atoms with Crippen molar-refractivity contribution in [3.05, 3.63) is 47.5 Å². The van der Waals surface area contributed by atoms with Crippen LogP contribution in [0.3, 0.4) is 0 Å². The van der Waals surface area contributed by atoms with Gasteiger partial charge in [-0.05, 0) is 31.3 Å². The first-order valence-electron chi connectivity index (χ1n) is 7.83. The van der Waals surface area contributed by atoms with Crippen LogP contribution in [0.5, 0.6) is 0 Å². The van der Waals surface area contributed by atoms with Gasteiger partial charge >= 0.3 is 0 Å². The average molecular weight is 293 g/mol. The van der Waals surface area contributed by atoms with Crippen LogP contribution in [0.25, 0.3) is 0 Å². The number of amidine groups is 1. The molecule has 1 aromatic rings. The number of nitrogens with zero attached hydrogens (tertiary/aromatic N) is 2. The summed E-state index contributed by atoms with van der Waals surface area (Å²) in [5.41, 5.74) is 2.88. The van der Waals surface area contributed by atoms with E-state index in [4.69, 9.17) is 4.99 Å². The zero-order chi connectivity index (χ0) is 15.2. The van der Waals surface area contributed by atoms with Gasteiger partial charge in [-0.3, -0.25) is 14.8 Å². The molecule has 112 valence electrons. The first-order valence-corrected chi connectivity index (χ1v) is 7.83. The highest BCUT2D eigenvalue weighted by Gasteiger charge is 2.51. The Balaban J connectivity index is 1.68. The Bertz CT molecular complexity index is 717. The molecule has 1 amide bonds. The molecule has 1 heterocycles. The minimum atomic E-state index is -0.592. The van der Waals surface area contributed by atoms with E-state index in [-0.39, 0.29) is 5.91 Å². The van der Waals surface area contributed by atoms with Gasteiger partial charge in [-0.25, -0.2) is 0 Å². The number of amides is 1. The second kappa shape index (κ2) is 4.90. The van der Waals surface area contributed by atoms with E-state index in [2.05, 4.69) is 16.4 Å². The van der Waals surface area contributed by atoms with Gasteiger partial charge in [0.15, 0.2) is 0 Å². The lowest BCUT2D eigenvalue weighted by Crippen LogP contribution is -2.37. The van der Waals surface area contributed by atoms with Crippen LogP contribution in [0.2, 0.25) is 0 Å². The number of nitrogens with one attached hydrogen (secondary N) is 1. The third-order valence-electron chi connectivity index (χ3n) is 5.02. The predicted molar refractivity (Wildman–Crippen MR) is 87.3 cm³/mol. The second-order valence-electron chi connectivity index (χ2n) is 6.36. The molecule has 2 atom stereocenters. The predicted octanol–water partition coefficient (Wildman–Crippen LogP) is 2.50. The molecule has 1 saturated carbocycles. The van der Waals surface area contributed by atoms with Gasteiger partial charge in [0.25, 0.3) is 5.91 Å². The molecule has 4 heteroatoms. The molecule has 0 aromatic heterocycles. The van der Waals surface area contributed by atoms with Crippen molar-refractivity contribution in [2.75, 3.05) is 7.05 Å². The number of fused-ring (bicyclic) bond motifs is 1. The van der Waals surface area contributed by atoms with Gasteiger partial charge in [0.05, 0.1) is 0 Å². The highest BCUT2D eigenvalue weighted by molar-refractivity contribution is 6.15. The lowest BCUT2D eigenvalue weighted by Gasteiger charge is -2.18. The minimum absolute atomic E-state index is 0.0524. The molecule has 1 N–H and O–H groups in total. The van der Waals surface area contributed by atoms with Gasteiger partial charge in [-0.15, -0.1) is 0 Å². The van der Waals surface area contributed by atoms with Crippen molar-refractivity contribution in [1.82, 2.24) is 5.32 Å². The van der Waals surface area contributed by atoms with Crippen molar-refractivity contribution in [3.63, 3.8) is 0 Å². The quantitative estimate of drug-likeness (QED) is 0.850. The average Bonchev–Trinajstić information content (AvgIpc) is 3.08. The molecule has 1 aromatic carbocycles. The smallest absolute Gasteiger partial charge is 0.253 e. The van der Waals surface area contributed by atoms with Gasteiger partial charge < -0.3 is 5.32 Å². The van der Waals surface area contributed by atoms with Gasteiger partial charge in [-0.1, -0.05) is 35.9 Å². The molecule has 3 aliphatic rings. The van der Waals surface area contributed by atoms with Crippen LogP contribution in [0, 0.1) is 5.92 Å². The van der Waals surface area contributed by atoms with Crippen LogP contribution < -0.4 is 5.32 Å². The second-order valence-corrected chi connectivity index (χ2v) is 6.36. The fourth-order valence-corrected chi connectivity index (χ4v) is 3.84. The summed E-state index contributed by atoms with van der Waals surface area (Å²) < 4.78 is 0. The van der Waals surface area contributed by atoms with E-state index in [1.165, 1.54) is 5.57 Å². The number of hydrogen-bond acceptors (Lipinski definition) is 3. The van der Waals surface area contributed by atoms with Crippen molar-refractivity contribution < 1.29 is 4.79 Å². The van der Waals surface area contributed by atoms with Crippen molar-refractivity contribution in [2.24, 2.45) is 15.9 Å². The van der Waals surface area contributed by atoms with Gasteiger partial charge in [0, 0.05) is 24.7 Å². The Hall–Kier alpha value is -2.23. The maximum atomic E-state index is 12.6. The zero-order valence-corrected chi connectivity index (χ0v) is 12.7. The third-order valence-corrected chi connectivity index (χ3v) is 5.02. The van der Waals surface area contributed by atoms with Crippen molar-refractivity contribution in [2.45, 2.75) is 31.2 Å². The molecule has 0 radical (unpaired) electrons. The molecular formula is C18H19N3O. The number of rotatable bonds is 1. The highest BCUT2D eigenvalue weighted by Crippen LogP contribution is 2.47. The Labute approximate surface area is 130 Å². The molecule has 0 saturated heterocycles. The molecule has 2 aliphatic carbocycles. The molecular weight excluding hydrogens is 274 g/mol. The summed E-state index contributed by atoms with van der Waals surface area (Å²) in [6.07, 6.45) is 5.85. The first kappa shape index (κ1) is 13.4. The SMILES string of the molecule is CN=C1C=C2CC3(CC2CC1)N=C(c1ccccc1)NC3=O. The Kier molecular flexibility index (Phi) is 2.99. The topological polar surface area (TPSA) is 53.8 Å². The monoisotopic (exact) mass is 293 g/mol. The van der Waals surface area contributed by atoms with Crippen LogP contribution in [-0.2, 0) is 4.79 Å². The van der Waals surface area contributed by atoms with Crippen LogP contribution in [0.4, 0.5) is 0 Å². The molecule has 4 rings (SSSR count). The van der Waals surface area contributed by atoms with E-state index in [9.17, 15) is 4.79 Å². The van der Waals surface area contributed by atoms with E-state index in [0.717, 1.165) is 37.0 Å². The summed E-state index contributed by atoms with van der Waals surface area (Å²) in [6.45, 7) is 0. The standard InChI is InChI=1S/C18H19N3O/c1-19-15-8-7-13-10-18(11-14(13)9-15)17(22)20-16(21-18)12-5-3-2-4-6-12/h2-6,9,13H,7-8,10-11H2,1H3,(H,20,21,22). The normalized spacial score (nSPS) is 32.0. The summed E-state index contributed by atoms with van der Waals surface area (Å²) >= 11 is 0. The van der Waals surface area contributed by atoms with E-state index >= 15 is 0 Å². The third kappa shape index (κ3) is 2.02. The maximum Gasteiger partial charge on any atom is 0.253 e. The van der Waals surface area contributed by atoms with Crippen molar-refractivity contribution in [1.29, 1.82) is 0 Å². The number of hydrogen-bond donors (Lipinski definition) is 1. The molecule has 1 aliphatic heterocycles. The van der Waals surface area contributed by atoms with E-state index in [1.54, 1.807) is 0 Å². The van der Waals surface area contributed by atoms with Crippen molar-refractivity contribution >= 4 is 17.5 Å². The number of carbonyl (C=O) groups is 1. The van der Waals surface area contributed by atoms with Gasteiger partial charge in [0.2, 0.25) is 0 Å². The summed E-state index contributed by atoms with van der Waals surface area (Å²) in [4.78, 5) is 21.7. The molecule has 4 nitrogen and oxygen atoms in total. The summed E-state index contributed by atoms with van der Waals surface area (Å²) in [5.74, 6) is 1.25. The number of benzene rings is 1. The number of aliphatic imine (C=N–C) groups is 2. The Morgan fingerprint density at radius 1 is 1.32 bits per heavy atom. The van der Waals surface area contributed by atoms with E-state index in [0.29, 0.717) is 11.8 Å². The van der Waals surface area contributed by atoms with Crippen LogP contribution in [-0.4, -0.2) is 30.0 Å². The van der Waals surface area contributed by atoms with Crippen LogP contribution in [0.1, 0.15) is 31.2 Å². The largest absolute Gasteiger partial charge is 0.308 e. The summed E-state index contributed by atoms with van der Waals surface area (Å²) in [6, 6.07) is 9.88. The fourth-order valence-electron chi connectivity index (χ4n) is 3.84. The van der Waals surface area contributed by atoms with Crippen LogP contribution in [0.15, 0.2) is 52.0 Å². The highest BCUT2D eigenvalue weighted by atomic mass is 16.2. The maximum absolute atomic E-state index is 12.6. The summed E-state index contributed by atoms with van der Waals surface area (Å²) in [5, 5.41) is 2.99.